The molecule has 0 amide bonds. The Labute approximate surface area is 177 Å². The van der Waals surface area contributed by atoms with Gasteiger partial charge in [-0.3, -0.25) is 4.79 Å². The van der Waals surface area contributed by atoms with Crippen LogP contribution in [0.2, 0.25) is 0 Å². The molecule has 5 rings (SSSR count). The molecule has 0 saturated carbocycles. The van der Waals surface area contributed by atoms with Crippen LogP contribution < -0.4 is 15.4 Å². The molecule has 1 aliphatic rings. The molecule has 4 aromatic rings. The number of hydrogen-bond acceptors (Lipinski definition) is 4. The Morgan fingerprint density at radius 3 is 2.57 bits per heavy atom. The van der Waals surface area contributed by atoms with Gasteiger partial charge in [-0.15, -0.1) is 11.3 Å². The molecule has 7 heteroatoms. The van der Waals surface area contributed by atoms with Crippen molar-refractivity contribution in [2.24, 2.45) is 0 Å². The third-order valence-corrected chi connectivity index (χ3v) is 6.53. The summed E-state index contributed by atoms with van der Waals surface area (Å²) in [6, 6.07) is 16.8. The molecule has 0 atom stereocenters. The molecule has 2 aromatic heterocycles. The third-order valence-electron chi connectivity index (χ3n) is 5.66. The van der Waals surface area contributed by atoms with E-state index in [2.05, 4.69) is 9.88 Å². The molecule has 2 aromatic carbocycles. The lowest BCUT2D eigenvalue weighted by atomic mass is 10.1. The maximum Gasteiger partial charge on any atom is 0.260 e. The van der Waals surface area contributed by atoms with Crippen LogP contribution in [0.15, 0.2) is 64.8 Å². The van der Waals surface area contributed by atoms with E-state index in [0.29, 0.717) is 23.4 Å². The Morgan fingerprint density at radius 2 is 1.80 bits per heavy atom. The van der Waals surface area contributed by atoms with Gasteiger partial charge in [0.15, 0.2) is 5.82 Å². The lowest BCUT2D eigenvalue weighted by Gasteiger charge is -2.33. The van der Waals surface area contributed by atoms with Crippen LogP contribution in [0.25, 0.3) is 21.3 Å². The fraction of sp³-hybridized carbons (Fsp3) is 0.217. The molecule has 3 heterocycles. The fourth-order valence-electron chi connectivity index (χ4n) is 4.09. The highest BCUT2D eigenvalue weighted by Gasteiger charge is 2.23. The lowest BCUT2D eigenvalue weighted by molar-refractivity contribution is -0.915. The molecule has 152 valence electrons. The van der Waals surface area contributed by atoms with Crippen LogP contribution in [0, 0.1) is 5.82 Å². The molecule has 0 aliphatic carbocycles. The molecule has 2 N–H and O–H groups in total. The van der Waals surface area contributed by atoms with Crippen molar-refractivity contribution in [2.45, 2.75) is 6.54 Å². The van der Waals surface area contributed by atoms with Crippen LogP contribution in [0.3, 0.4) is 0 Å². The summed E-state index contributed by atoms with van der Waals surface area (Å²) in [6.45, 7) is 3.96. The van der Waals surface area contributed by atoms with Gasteiger partial charge in [-0.1, -0.05) is 42.5 Å². The van der Waals surface area contributed by atoms with Crippen molar-refractivity contribution in [3.8, 4) is 11.1 Å². The highest BCUT2D eigenvalue weighted by Crippen LogP contribution is 2.30. The van der Waals surface area contributed by atoms with Crippen LogP contribution in [-0.4, -0.2) is 36.1 Å². The largest absolute Gasteiger partial charge is 0.358 e. The minimum Gasteiger partial charge on any atom is -0.358 e. The number of halogens is 1. The molecule has 30 heavy (non-hydrogen) atoms. The fourth-order valence-corrected chi connectivity index (χ4v) is 5.06. The van der Waals surface area contributed by atoms with Crippen LogP contribution in [0.5, 0.6) is 0 Å². The van der Waals surface area contributed by atoms with Crippen molar-refractivity contribution >= 4 is 27.2 Å². The maximum atomic E-state index is 14.0. The minimum absolute atomic E-state index is 0.0838. The first kappa shape index (κ1) is 19.0. The van der Waals surface area contributed by atoms with Crippen LogP contribution in [0.1, 0.15) is 5.82 Å². The number of quaternary nitrogens is 1. The van der Waals surface area contributed by atoms with Crippen molar-refractivity contribution in [3.63, 3.8) is 0 Å². The Morgan fingerprint density at radius 1 is 1.07 bits per heavy atom. The molecule has 0 spiro atoms. The van der Waals surface area contributed by atoms with E-state index in [9.17, 15) is 9.18 Å². The van der Waals surface area contributed by atoms with Gasteiger partial charge >= 0.3 is 0 Å². The van der Waals surface area contributed by atoms with Crippen molar-refractivity contribution in [1.82, 2.24) is 9.97 Å². The summed E-state index contributed by atoms with van der Waals surface area (Å²) in [5.41, 5.74) is 2.54. The van der Waals surface area contributed by atoms with Crippen LogP contribution >= 0.6 is 11.3 Å². The van der Waals surface area contributed by atoms with Gasteiger partial charge in [-0.2, -0.15) is 0 Å². The Kier molecular flexibility index (Phi) is 5.06. The highest BCUT2D eigenvalue weighted by atomic mass is 32.1. The number of thiophene rings is 1. The number of piperazine rings is 1. The summed E-state index contributed by atoms with van der Waals surface area (Å²) in [5, 5.41) is 2.67. The molecular formula is C23H22FN4OS+. The number of aromatic amines is 1. The van der Waals surface area contributed by atoms with E-state index in [1.54, 1.807) is 6.07 Å². The van der Waals surface area contributed by atoms with Crippen LogP contribution in [-0.2, 0) is 6.54 Å². The van der Waals surface area contributed by atoms with Gasteiger partial charge in [-0.25, -0.2) is 9.37 Å². The molecule has 1 saturated heterocycles. The van der Waals surface area contributed by atoms with E-state index >= 15 is 0 Å². The average molecular weight is 422 g/mol. The van der Waals surface area contributed by atoms with Gasteiger partial charge in [0.2, 0.25) is 0 Å². The van der Waals surface area contributed by atoms with E-state index in [4.69, 9.17) is 4.98 Å². The Balaban J connectivity index is 1.32. The van der Waals surface area contributed by atoms with Gasteiger partial charge in [0, 0.05) is 10.9 Å². The zero-order chi connectivity index (χ0) is 20.5. The number of hydrogen-bond donors (Lipinski definition) is 2. The number of anilines is 1. The molecule has 1 fully saturated rings. The van der Waals surface area contributed by atoms with Gasteiger partial charge in [0.05, 0.1) is 37.3 Å². The van der Waals surface area contributed by atoms with Crippen molar-refractivity contribution < 1.29 is 9.29 Å². The first-order chi connectivity index (χ1) is 14.7. The van der Waals surface area contributed by atoms with E-state index in [1.807, 2.05) is 47.8 Å². The summed E-state index contributed by atoms with van der Waals surface area (Å²) in [7, 11) is 0. The van der Waals surface area contributed by atoms with E-state index < -0.39 is 0 Å². The molecule has 0 unspecified atom stereocenters. The minimum atomic E-state index is -0.177. The first-order valence-corrected chi connectivity index (χ1v) is 11.0. The van der Waals surface area contributed by atoms with Gasteiger partial charge in [0.25, 0.3) is 5.56 Å². The molecule has 0 bridgehead atoms. The number of benzene rings is 2. The Hall–Kier alpha value is -3.03. The normalized spacial score (nSPS) is 15.0. The molecule has 1 aliphatic heterocycles. The van der Waals surface area contributed by atoms with E-state index in [1.165, 1.54) is 22.3 Å². The zero-order valence-electron chi connectivity index (χ0n) is 16.4. The number of nitrogens with zero attached hydrogens (tertiary/aromatic N) is 2. The van der Waals surface area contributed by atoms with Crippen molar-refractivity contribution in [2.75, 3.05) is 31.1 Å². The SMILES string of the molecule is O=c1[nH]c(C[NH+]2CCN(c3ccccc3F)CC2)nc2scc(-c3ccccc3)c12. The van der Waals surface area contributed by atoms with E-state index in [-0.39, 0.29) is 11.4 Å². The number of H-pyrrole nitrogens is 1. The summed E-state index contributed by atoms with van der Waals surface area (Å²) in [4.78, 5) is 24.8. The van der Waals surface area contributed by atoms with Gasteiger partial charge in [-0.05, 0) is 17.7 Å². The average Bonchev–Trinajstić information content (AvgIpc) is 3.20. The molecule has 5 nitrogen and oxygen atoms in total. The predicted octanol–water partition coefficient (Wildman–Crippen LogP) is 2.70. The summed E-state index contributed by atoms with van der Waals surface area (Å²) < 4.78 is 14.0. The van der Waals surface area contributed by atoms with Crippen LogP contribution in [0.4, 0.5) is 10.1 Å². The highest BCUT2D eigenvalue weighted by molar-refractivity contribution is 7.17. The van der Waals surface area contributed by atoms with Gasteiger partial charge in [0.1, 0.15) is 17.2 Å². The predicted molar refractivity (Wildman–Crippen MR) is 119 cm³/mol. The number of nitrogens with one attached hydrogen (secondary N) is 2. The second-order valence-corrected chi connectivity index (χ2v) is 8.43. The maximum absolute atomic E-state index is 14.0. The zero-order valence-corrected chi connectivity index (χ0v) is 17.2. The number of rotatable bonds is 4. The topological polar surface area (TPSA) is 53.4 Å². The Bertz CT molecular complexity index is 1230. The standard InChI is InChI=1S/C23H21FN4OS/c24-18-8-4-5-9-19(18)28-12-10-27(11-13-28)14-20-25-22(29)21-17(15-30-23(21)26-20)16-6-2-1-3-7-16/h1-9,15H,10-14H2,(H,25,26,29)/p+1. The summed E-state index contributed by atoms with van der Waals surface area (Å²) in [6.07, 6.45) is 0. The number of fused-ring (bicyclic) bond motifs is 1. The summed E-state index contributed by atoms with van der Waals surface area (Å²) in [5.74, 6) is 0.535. The number of para-hydroxylation sites is 1. The monoisotopic (exact) mass is 421 g/mol. The number of aromatic nitrogens is 2. The molecule has 0 radical (unpaired) electrons. The summed E-state index contributed by atoms with van der Waals surface area (Å²) >= 11 is 1.51. The van der Waals surface area contributed by atoms with Crippen molar-refractivity contribution in [1.29, 1.82) is 0 Å². The smallest absolute Gasteiger partial charge is 0.260 e. The second kappa shape index (κ2) is 8.01. The quantitative estimate of drug-likeness (QED) is 0.533. The van der Waals surface area contributed by atoms with Gasteiger partial charge < -0.3 is 14.8 Å². The second-order valence-electron chi connectivity index (χ2n) is 7.57. The lowest BCUT2D eigenvalue weighted by Crippen LogP contribution is -3.13. The van der Waals surface area contributed by atoms with Crippen molar-refractivity contribution in [3.05, 3.63) is 82.0 Å². The third kappa shape index (κ3) is 3.62. The first-order valence-electron chi connectivity index (χ1n) is 10.1. The molecular weight excluding hydrogens is 399 g/mol. The van der Waals surface area contributed by atoms with E-state index in [0.717, 1.165) is 42.1 Å².